The van der Waals surface area contributed by atoms with Crippen molar-refractivity contribution >= 4 is 6.29 Å². The lowest BCUT2D eigenvalue weighted by atomic mass is 9.87. The number of aldehydes is 1. The summed E-state index contributed by atoms with van der Waals surface area (Å²) in [6.07, 6.45) is 1.92. The molecule has 0 radical (unpaired) electrons. The molecular weight excluding hydrogens is 448 g/mol. The van der Waals surface area contributed by atoms with Crippen LogP contribution in [-0.2, 0) is 27.2 Å². The fourth-order valence-electron chi connectivity index (χ4n) is 4.52. The van der Waals surface area contributed by atoms with Gasteiger partial charge >= 0.3 is 0 Å². The smallest absolute Gasteiger partial charge is 0.172 e. The van der Waals surface area contributed by atoms with Crippen molar-refractivity contribution in [3.8, 4) is 17.2 Å². The van der Waals surface area contributed by atoms with E-state index in [9.17, 15) is 4.79 Å². The van der Waals surface area contributed by atoms with Crippen LogP contribution in [0.15, 0.2) is 30.3 Å². The molecule has 194 valence electrons. The quantitative estimate of drug-likeness (QED) is 0.236. The molecule has 2 aromatic carbocycles. The average molecular weight is 489 g/mol. The Balaban J connectivity index is 2.21. The van der Waals surface area contributed by atoms with Gasteiger partial charge in [-0.2, -0.15) is 0 Å². The monoisotopic (exact) mass is 488 g/mol. The van der Waals surface area contributed by atoms with E-state index in [0.717, 1.165) is 29.4 Å². The summed E-state index contributed by atoms with van der Waals surface area (Å²) in [5, 5.41) is 0. The lowest BCUT2D eigenvalue weighted by Crippen LogP contribution is -2.28. The Labute approximate surface area is 209 Å². The van der Waals surface area contributed by atoms with Gasteiger partial charge in [0.2, 0.25) is 0 Å². The van der Waals surface area contributed by atoms with Crippen LogP contribution in [-0.4, -0.2) is 54.2 Å². The van der Waals surface area contributed by atoms with Crippen LogP contribution in [0.1, 0.15) is 47.3 Å². The minimum Gasteiger partial charge on any atom is -0.496 e. The van der Waals surface area contributed by atoms with E-state index < -0.39 is 0 Å². The third kappa shape index (κ3) is 7.69. The zero-order chi connectivity index (χ0) is 25.8. The van der Waals surface area contributed by atoms with Gasteiger partial charge in [-0.15, -0.1) is 0 Å². The predicted octanol–water partition coefficient (Wildman–Crippen LogP) is 5.24. The molecule has 0 amide bonds. The van der Waals surface area contributed by atoms with Gasteiger partial charge < -0.3 is 28.4 Å². The number of carbonyl (C=O) groups excluding carboxylic acids is 1. The number of methoxy groups -OCH3 is 4. The Morgan fingerprint density at radius 2 is 1.57 bits per heavy atom. The molecule has 0 saturated carbocycles. The third-order valence-electron chi connectivity index (χ3n) is 6.19. The first-order valence-corrected chi connectivity index (χ1v) is 11.9. The fourth-order valence-corrected chi connectivity index (χ4v) is 4.52. The molecule has 0 saturated heterocycles. The minimum atomic E-state index is -0.211. The number of carbonyl (C=O) groups is 1. The van der Waals surface area contributed by atoms with Gasteiger partial charge in [0, 0.05) is 31.3 Å². The van der Waals surface area contributed by atoms with Crippen LogP contribution in [0.3, 0.4) is 0 Å². The average Bonchev–Trinajstić information content (AvgIpc) is 2.86. The Kier molecular flexibility index (Phi) is 12.0. The van der Waals surface area contributed by atoms with Gasteiger partial charge in [-0.25, -0.2) is 0 Å². The first-order chi connectivity index (χ1) is 16.9. The molecule has 0 bridgehead atoms. The van der Waals surface area contributed by atoms with Gasteiger partial charge in [-0.3, -0.25) is 4.79 Å². The van der Waals surface area contributed by atoms with Gasteiger partial charge in [-0.1, -0.05) is 44.2 Å². The molecule has 0 aliphatic rings. The standard InChI is InChI=1S/C28H40O7/c1-19(16-34-17-22-11-9-8-10-12-22)13-20(2)25(35-18-30-4)14-23-24(15-29)28(33-7)27(32-6)21(3)26(23)31-5/h8-12,15,19-20,25H,13-14,16-18H2,1-7H3/t19-,20-,25-/m0/s1. The van der Waals surface area contributed by atoms with Crippen LogP contribution >= 0.6 is 0 Å². The fraction of sp³-hybridized carbons (Fsp3) is 0.536. The van der Waals surface area contributed by atoms with Crippen molar-refractivity contribution in [3.05, 3.63) is 52.6 Å². The van der Waals surface area contributed by atoms with Gasteiger partial charge in [-0.05, 0) is 30.7 Å². The van der Waals surface area contributed by atoms with E-state index in [2.05, 4.69) is 26.0 Å². The van der Waals surface area contributed by atoms with Crippen LogP contribution in [0.25, 0.3) is 0 Å². The molecule has 0 heterocycles. The molecule has 2 aromatic rings. The molecule has 0 unspecified atom stereocenters. The molecule has 0 fully saturated rings. The summed E-state index contributed by atoms with van der Waals surface area (Å²) >= 11 is 0. The van der Waals surface area contributed by atoms with E-state index in [0.29, 0.717) is 48.4 Å². The van der Waals surface area contributed by atoms with Crippen molar-refractivity contribution in [2.45, 2.75) is 46.3 Å². The Morgan fingerprint density at radius 1 is 0.914 bits per heavy atom. The summed E-state index contributed by atoms with van der Waals surface area (Å²) < 4.78 is 34.0. The van der Waals surface area contributed by atoms with E-state index in [1.165, 1.54) is 7.11 Å². The number of rotatable bonds is 16. The largest absolute Gasteiger partial charge is 0.496 e. The maximum absolute atomic E-state index is 12.2. The highest BCUT2D eigenvalue weighted by Crippen LogP contribution is 2.44. The molecule has 0 aliphatic heterocycles. The lowest BCUT2D eigenvalue weighted by molar-refractivity contribution is -0.0921. The van der Waals surface area contributed by atoms with E-state index in [1.54, 1.807) is 21.3 Å². The van der Waals surface area contributed by atoms with Crippen LogP contribution in [0.4, 0.5) is 0 Å². The predicted molar refractivity (Wildman–Crippen MR) is 136 cm³/mol. The zero-order valence-corrected chi connectivity index (χ0v) is 22.1. The van der Waals surface area contributed by atoms with E-state index in [1.807, 2.05) is 25.1 Å². The lowest BCUT2D eigenvalue weighted by Gasteiger charge is -2.28. The normalized spacial score (nSPS) is 13.7. The molecule has 7 nitrogen and oxygen atoms in total. The van der Waals surface area contributed by atoms with Crippen LogP contribution in [0.2, 0.25) is 0 Å². The summed E-state index contributed by atoms with van der Waals surface area (Å²) in [7, 11) is 6.26. The highest BCUT2D eigenvalue weighted by atomic mass is 16.7. The molecule has 3 atom stereocenters. The molecule has 0 aromatic heterocycles. The topological polar surface area (TPSA) is 72.5 Å². The first kappa shape index (κ1) is 28.6. The molecule has 0 N–H and O–H groups in total. The summed E-state index contributed by atoms with van der Waals surface area (Å²) in [4.78, 5) is 12.2. The van der Waals surface area contributed by atoms with Crippen LogP contribution < -0.4 is 14.2 Å². The van der Waals surface area contributed by atoms with Crippen LogP contribution in [0, 0.1) is 18.8 Å². The van der Waals surface area contributed by atoms with Crippen molar-refractivity contribution in [2.75, 3.05) is 41.8 Å². The summed E-state index contributed by atoms with van der Waals surface area (Å²) in [6, 6.07) is 10.1. The number of hydrogen-bond acceptors (Lipinski definition) is 7. The first-order valence-electron chi connectivity index (χ1n) is 11.9. The van der Waals surface area contributed by atoms with Gasteiger partial charge in [0.25, 0.3) is 0 Å². The SMILES string of the molecule is COCO[C@@H](Cc1c(C=O)c(OC)c(OC)c(C)c1OC)[C@@H](C)C[C@H](C)COCc1ccccc1. The zero-order valence-electron chi connectivity index (χ0n) is 22.1. The number of benzene rings is 2. The Bertz CT molecular complexity index is 914. The van der Waals surface area contributed by atoms with Gasteiger partial charge in [0.15, 0.2) is 17.8 Å². The third-order valence-corrected chi connectivity index (χ3v) is 6.19. The number of ether oxygens (including phenoxy) is 6. The second-order valence-corrected chi connectivity index (χ2v) is 8.87. The number of hydrogen-bond donors (Lipinski definition) is 0. The van der Waals surface area contributed by atoms with E-state index >= 15 is 0 Å². The molecule has 2 rings (SSSR count). The molecule has 0 spiro atoms. The second-order valence-electron chi connectivity index (χ2n) is 8.87. The van der Waals surface area contributed by atoms with E-state index in [4.69, 9.17) is 28.4 Å². The summed E-state index contributed by atoms with van der Waals surface area (Å²) in [6.45, 7) is 7.60. The van der Waals surface area contributed by atoms with Crippen molar-refractivity contribution in [1.29, 1.82) is 0 Å². The van der Waals surface area contributed by atoms with Crippen LogP contribution in [0.5, 0.6) is 17.2 Å². The van der Waals surface area contributed by atoms with Crippen molar-refractivity contribution in [1.82, 2.24) is 0 Å². The van der Waals surface area contributed by atoms with Crippen molar-refractivity contribution in [3.63, 3.8) is 0 Å². The molecular formula is C28H40O7. The Morgan fingerprint density at radius 3 is 2.14 bits per heavy atom. The highest BCUT2D eigenvalue weighted by molar-refractivity contribution is 5.86. The van der Waals surface area contributed by atoms with Crippen molar-refractivity contribution < 1.29 is 33.2 Å². The molecule has 35 heavy (non-hydrogen) atoms. The summed E-state index contributed by atoms with van der Waals surface area (Å²) in [5.41, 5.74) is 3.07. The maximum Gasteiger partial charge on any atom is 0.172 e. The van der Waals surface area contributed by atoms with Gasteiger partial charge in [0.1, 0.15) is 12.5 Å². The molecule has 0 aliphatic carbocycles. The summed E-state index contributed by atoms with van der Waals surface area (Å²) in [5.74, 6) is 1.97. The minimum absolute atomic E-state index is 0.152. The maximum atomic E-state index is 12.2. The second kappa shape index (κ2) is 14.7. The Hall–Kier alpha value is -2.61. The molecule has 7 heteroatoms. The highest BCUT2D eigenvalue weighted by Gasteiger charge is 2.29. The van der Waals surface area contributed by atoms with E-state index in [-0.39, 0.29) is 18.8 Å². The van der Waals surface area contributed by atoms with Crippen molar-refractivity contribution in [2.24, 2.45) is 11.8 Å². The van der Waals surface area contributed by atoms with Gasteiger partial charge in [0.05, 0.1) is 39.6 Å².